The summed E-state index contributed by atoms with van der Waals surface area (Å²) < 4.78 is 48.8. The first-order chi connectivity index (χ1) is 26.2. The monoisotopic (exact) mass is 777 g/mol. The minimum atomic E-state index is -0.818. The van der Waals surface area contributed by atoms with Gasteiger partial charge in [-0.15, -0.1) is 0 Å². The van der Waals surface area contributed by atoms with Crippen molar-refractivity contribution < 1.29 is 32.6 Å². The molecule has 0 saturated carbocycles. The highest BCUT2D eigenvalue weighted by Crippen LogP contribution is 2.48. The lowest BCUT2D eigenvalue weighted by molar-refractivity contribution is 0.0130. The Morgan fingerprint density at radius 3 is 2.40 bits per heavy atom. The summed E-state index contributed by atoms with van der Waals surface area (Å²) in [4.78, 5) is 50.3. The van der Waals surface area contributed by atoms with E-state index in [0.29, 0.717) is 62.2 Å². The Morgan fingerprint density at radius 1 is 0.982 bits per heavy atom. The van der Waals surface area contributed by atoms with Crippen LogP contribution in [0.4, 0.5) is 24.2 Å². The Balaban J connectivity index is 1.20. The second-order valence-corrected chi connectivity index (χ2v) is 16.2. The average molecular weight is 778 g/mol. The topological polar surface area (TPSA) is 106 Å². The second kappa shape index (κ2) is 15.3. The number of anilines is 1. The molecule has 3 atom stereocenters. The summed E-state index contributed by atoms with van der Waals surface area (Å²) in [6.07, 6.45) is 1.21. The van der Waals surface area contributed by atoms with E-state index in [2.05, 4.69) is 4.98 Å². The summed E-state index contributed by atoms with van der Waals surface area (Å²) in [5.41, 5.74) is 0.432. The molecule has 4 aromatic rings. The van der Waals surface area contributed by atoms with Gasteiger partial charge in [0, 0.05) is 60.8 Å². The molecule has 0 N–H and O–H groups in total. The number of hydrogen-bond donors (Lipinski definition) is 0. The van der Waals surface area contributed by atoms with Gasteiger partial charge < -0.3 is 28.9 Å². The normalized spacial score (nSPS) is 20.4. The summed E-state index contributed by atoms with van der Waals surface area (Å²) in [7, 11) is 0. The molecular formula is C41H46ClF2N5O6. The van der Waals surface area contributed by atoms with Gasteiger partial charge in [0.25, 0.3) is 0 Å². The molecule has 2 amide bonds. The van der Waals surface area contributed by atoms with E-state index in [1.807, 2.05) is 69.9 Å². The number of halogens is 3. The highest BCUT2D eigenvalue weighted by Gasteiger charge is 2.39. The predicted octanol–water partition coefficient (Wildman–Crippen LogP) is 8.20. The van der Waals surface area contributed by atoms with Crippen molar-refractivity contribution in [2.24, 2.45) is 5.92 Å². The lowest BCUT2D eigenvalue weighted by Crippen LogP contribution is -2.59. The van der Waals surface area contributed by atoms with Crippen molar-refractivity contribution in [1.82, 2.24) is 19.4 Å². The van der Waals surface area contributed by atoms with E-state index in [9.17, 15) is 18.8 Å². The van der Waals surface area contributed by atoms with Crippen molar-refractivity contribution in [3.63, 3.8) is 0 Å². The molecule has 1 aromatic heterocycles. The van der Waals surface area contributed by atoms with Crippen molar-refractivity contribution in [2.75, 3.05) is 37.7 Å². The standard InChI is InChI=1S/C41H46ClF2N5O6/c1-24-21-48(40(52)55-41(3,4)5)25(2)20-47(24)37-31-19-32(42)34(30-12-11-28(43)18-33(30)44)36-35(31)49(38(50)45-37)29(23-53-36)17-26-13-15-46(16-14-26)39(51)54-22-27-9-7-6-8-10-27/h6-12,18-19,24-26,29H,13-17,20-23H2,1-5H3/t24-,25-,29+/m0/s1. The molecule has 0 radical (unpaired) electrons. The van der Waals surface area contributed by atoms with Crippen LogP contribution < -0.4 is 15.3 Å². The van der Waals surface area contributed by atoms with Crippen molar-refractivity contribution in [1.29, 1.82) is 0 Å². The Hall–Kier alpha value is -4.91. The molecule has 0 spiro atoms. The van der Waals surface area contributed by atoms with Crippen LogP contribution in [0.5, 0.6) is 5.75 Å². The number of aromatic nitrogens is 2. The molecule has 3 aromatic carbocycles. The number of carbonyl (C=O) groups excluding carboxylic acids is 2. The van der Waals surface area contributed by atoms with E-state index < -0.39 is 35.1 Å². The smallest absolute Gasteiger partial charge is 0.410 e. The van der Waals surface area contributed by atoms with Gasteiger partial charge in [0.05, 0.1) is 16.6 Å². The summed E-state index contributed by atoms with van der Waals surface area (Å²) in [5.74, 6) is -0.797. The Bertz CT molecular complexity index is 2150. The third-order valence-corrected chi connectivity index (χ3v) is 10.9. The SMILES string of the molecule is C[C@H]1CN(c2nc(=O)n3c4c(c(-c5ccc(F)cc5F)c(Cl)cc24)OC[C@H]3CC2CCN(C(=O)OCc3ccccc3)CC2)[C@@H](C)CN1C(=O)OC(C)(C)C. The quantitative estimate of drug-likeness (QED) is 0.193. The van der Waals surface area contributed by atoms with E-state index in [4.69, 9.17) is 25.8 Å². The van der Waals surface area contributed by atoms with Gasteiger partial charge in [0.2, 0.25) is 0 Å². The number of piperazine rings is 1. The first-order valence-electron chi connectivity index (χ1n) is 18.8. The Labute approximate surface area is 323 Å². The summed E-state index contributed by atoms with van der Waals surface area (Å²) in [6.45, 7) is 11.3. The van der Waals surface area contributed by atoms with Gasteiger partial charge in [-0.2, -0.15) is 4.98 Å². The number of amides is 2. The molecule has 2 saturated heterocycles. The van der Waals surface area contributed by atoms with E-state index in [0.717, 1.165) is 17.7 Å². The molecular weight excluding hydrogens is 732 g/mol. The number of rotatable bonds is 6. The largest absolute Gasteiger partial charge is 0.488 e. The summed E-state index contributed by atoms with van der Waals surface area (Å²) in [6, 6.07) is 13.5. The summed E-state index contributed by atoms with van der Waals surface area (Å²) in [5, 5.41) is 0.690. The zero-order valence-corrected chi connectivity index (χ0v) is 32.4. The highest BCUT2D eigenvalue weighted by molar-refractivity contribution is 6.35. The molecule has 3 aliphatic rings. The molecule has 0 aliphatic carbocycles. The zero-order valence-electron chi connectivity index (χ0n) is 31.7. The molecule has 2 fully saturated rings. The molecule has 0 bridgehead atoms. The number of benzene rings is 3. The fraction of sp³-hybridized carbons (Fsp3) is 0.463. The van der Waals surface area contributed by atoms with E-state index in [1.54, 1.807) is 20.4 Å². The lowest BCUT2D eigenvalue weighted by atomic mass is 9.89. The van der Waals surface area contributed by atoms with Crippen LogP contribution in [0.2, 0.25) is 5.02 Å². The minimum Gasteiger partial charge on any atom is -0.488 e. The fourth-order valence-corrected chi connectivity index (χ4v) is 8.24. The Morgan fingerprint density at radius 2 is 1.71 bits per heavy atom. The number of nitrogens with zero attached hydrogens (tertiary/aromatic N) is 5. The maximum absolute atomic E-state index is 15.4. The van der Waals surface area contributed by atoms with Gasteiger partial charge in [-0.05, 0) is 83.6 Å². The molecule has 55 heavy (non-hydrogen) atoms. The van der Waals surface area contributed by atoms with Crippen LogP contribution in [0, 0.1) is 17.6 Å². The zero-order chi connectivity index (χ0) is 39.2. The van der Waals surface area contributed by atoms with Crippen LogP contribution in [0.15, 0.2) is 59.4 Å². The van der Waals surface area contributed by atoms with Gasteiger partial charge in [-0.25, -0.2) is 23.2 Å². The minimum absolute atomic E-state index is 0.0404. The van der Waals surface area contributed by atoms with Crippen LogP contribution in [-0.2, 0) is 16.1 Å². The van der Waals surface area contributed by atoms with E-state index >= 15 is 4.39 Å². The second-order valence-electron chi connectivity index (χ2n) is 15.8. The average Bonchev–Trinajstić information content (AvgIpc) is 3.13. The van der Waals surface area contributed by atoms with Crippen molar-refractivity contribution in [3.8, 4) is 16.9 Å². The maximum atomic E-state index is 15.4. The van der Waals surface area contributed by atoms with Gasteiger partial charge in [0.15, 0.2) is 5.75 Å². The number of carbonyl (C=O) groups is 2. The van der Waals surface area contributed by atoms with Crippen LogP contribution in [0.25, 0.3) is 22.0 Å². The molecule has 14 heteroatoms. The van der Waals surface area contributed by atoms with Crippen molar-refractivity contribution in [2.45, 2.75) is 84.2 Å². The molecule has 3 aliphatic heterocycles. The molecule has 4 heterocycles. The van der Waals surface area contributed by atoms with Gasteiger partial charge >= 0.3 is 17.9 Å². The first kappa shape index (κ1) is 38.4. The number of piperidine rings is 1. The van der Waals surface area contributed by atoms with Crippen molar-refractivity contribution >= 4 is 40.5 Å². The first-order valence-corrected chi connectivity index (χ1v) is 19.1. The summed E-state index contributed by atoms with van der Waals surface area (Å²) >= 11 is 6.95. The fourth-order valence-electron chi connectivity index (χ4n) is 7.94. The van der Waals surface area contributed by atoms with Gasteiger partial charge in [-0.1, -0.05) is 41.9 Å². The van der Waals surface area contributed by atoms with Crippen LogP contribution in [0.1, 0.15) is 65.5 Å². The predicted molar refractivity (Wildman–Crippen MR) is 206 cm³/mol. The van der Waals surface area contributed by atoms with E-state index in [-0.39, 0.29) is 59.2 Å². The molecule has 292 valence electrons. The molecule has 0 unspecified atom stereocenters. The Kier molecular flexibility index (Phi) is 10.7. The molecule has 7 rings (SSSR count). The van der Waals surface area contributed by atoms with Crippen molar-refractivity contribution in [3.05, 3.63) is 87.3 Å². The van der Waals surface area contributed by atoms with Crippen LogP contribution in [-0.4, -0.2) is 82.0 Å². The third-order valence-electron chi connectivity index (χ3n) is 10.7. The van der Waals surface area contributed by atoms with Crippen LogP contribution in [0.3, 0.4) is 0 Å². The maximum Gasteiger partial charge on any atom is 0.410 e. The van der Waals surface area contributed by atoms with E-state index in [1.165, 1.54) is 6.07 Å². The number of ether oxygens (including phenoxy) is 3. The number of hydrogen-bond acceptors (Lipinski definition) is 8. The lowest BCUT2D eigenvalue weighted by Gasteiger charge is -2.45. The third kappa shape index (κ3) is 7.94. The highest BCUT2D eigenvalue weighted by atomic mass is 35.5. The van der Waals surface area contributed by atoms with Gasteiger partial charge in [-0.3, -0.25) is 4.57 Å². The van der Waals surface area contributed by atoms with Gasteiger partial charge in [0.1, 0.15) is 36.3 Å². The molecule has 11 nitrogen and oxygen atoms in total. The number of likely N-dealkylation sites (tertiary alicyclic amines) is 1. The van der Waals surface area contributed by atoms with Crippen LogP contribution >= 0.6 is 11.6 Å².